The van der Waals surface area contributed by atoms with E-state index in [-0.39, 0.29) is 14.1 Å². The van der Waals surface area contributed by atoms with Crippen LogP contribution in [0.1, 0.15) is 11.1 Å². The molecule has 0 nitrogen and oxygen atoms in total. The molecule has 0 aliphatic heterocycles. The van der Waals surface area contributed by atoms with Crippen molar-refractivity contribution in [1.82, 2.24) is 0 Å². The molecule has 0 saturated heterocycles. The van der Waals surface area contributed by atoms with E-state index in [1.165, 1.54) is 40.9 Å². The topological polar surface area (TPSA) is 0 Å². The lowest BCUT2D eigenvalue weighted by atomic mass is 9.94. The van der Waals surface area contributed by atoms with Gasteiger partial charge >= 0.3 is 17.8 Å². The summed E-state index contributed by atoms with van der Waals surface area (Å²) in [4.78, 5) is 3.40. The first-order valence-corrected chi connectivity index (χ1v) is 18.8. The molecule has 0 radical (unpaired) electrons. The Morgan fingerprint density at radius 1 is 0.400 bits per heavy atom. The van der Waals surface area contributed by atoms with Crippen molar-refractivity contribution in [2.45, 2.75) is 17.8 Å². The van der Waals surface area contributed by atoms with Crippen molar-refractivity contribution in [2.24, 2.45) is 0 Å². The quantitative estimate of drug-likeness (QED) is 0.147. The first-order valence-electron chi connectivity index (χ1n) is 12.4. The van der Waals surface area contributed by atoms with E-state index in [0.717, 1.165) is 61.2 Å². The van der Waals surface area contributed by atoms with Crippen LogP contribution < -0.4 is 0 Å². The number of thiophene rings is 6. The van der Waals surface area contributed by atoms with Gasteiger partial charge in [0.15, 0.2) is 0 Å². The summed E-state index contributed by atoms with van der Waals surface area (Å²) in [5, 5.41) is 0. The van der Waals surface area contributed by atoms with E-state index in [4.69, 9.17) is 46.4 Å². The Morgan fingerprint density at radius 2 is 0.800 bits per heavy atom. The molecular formula is C29H10Cl4F6S6. The van der Waals surface area contributed by atoms with Gasteiger partial charge in [-0.2, -0.15) is 26.3 Å². The van der Waals surface area contributed by atoms with Gasteiger partial charge in [0.1, 0.15) is 0 Å². The van der Waals surface area contributed by atoms with Gasteiger partial charge < -0.3 is 0 Å². The Hall–Kier alpha value is -1.32. The van der Waals surface area contributed by atoms with Crippen LogP contribution in [0.5, 0.6) is 0 Å². The van der Waals surface area contributed by atoms with Crippen LogP contribution in [0.2, 0.25) is 17.3 Å². The van der Waals surface area contributed by atoms with Gasteiger partial charge in [-0.15, -0.1) is 68.0 Å². The van der Waals surface area contributed by atoms with Gasteiger partial charge in [0.05, 0.1) is 27.1 Å². The molecule has 0 amide bonds. The maximum absolute atomic E-state index is 16.0. The van der Waals surface area contributed by atoms with E-state index < -0.39 is 40.0 Å². The Kier molecular flexibility index (Phi) is 8.16. The number of halogens is 10. The van der Waals surface area contributed by atoms with E-state index in [9.17, 15) is 0 Å². The number of rotatable bonds is 6. The Balaban J connectivity index is 1.51. The van der Waals surface area contributed by atoms with Gasteiger partial charge in [-0.25, -0.2) is 0 Å². The number of alkyl halides is 6. The summed E-state index contributed by atoms with van der Waals surface area (Å²) in [5.41, 5.74) is -3.85. The van der Waals surface area contributed by atoms with Crippen molar-refractivity contribution < 1.29 is 26.3 Å². The molecule has 0 spiro atoms. The molecule has 7 rings (SSSR count). The summed E-state index contributed by atoms with van der Waals surface area (Å²) in [6.07, 6.45) is 0. The van der Waals surface area contributed by atoms with Gasteiger partial charge in [-0.3, -0.25) is 0 Å². The van der Waals surface area contributed by atoms with Crippen molar-refractivity contribution in [3.8, 4) is 39.0 Å². The minimum absolute atomic E-state index is 0.0280. The highest BCUT2D eigenvalue weighted by atomic mass is 35.5. The minimum atomic E-state index is -5.75. The molecule has 0 saturated carbocycles. The molecule has 0 bridgehead atoms. The van der Waals surface area contributed by atoms with Crippen LogP contribution in [0.3, 0.4) is 0 Å². The Labute approximate surface area is 295 Å². The molecule has 0 aromatic carbocycles. The lowest BCUT2D eigenvalue weighted by Gasteiger charge is -2.25. The SMILES string of the molecule is FC1(F)C(c2cc(Cl)sc2-c2ccc(-c3ccc(Cl)s3)s2)=C(c2cc(-c3ccc(Cl)s3)sc2-c2ccc(Cl)s2)C(F)(F)C1(F)F. The fourth-order valence-corrected chi connectivity index (χ4v) is 11.9. The van der Waals surface area contributed by atoms with Crippen LogP contribution in [0.15, 0.2) is 60.7 Å². The summed E-state index contributed by atoms with van der Waals surface area (Å²) < 4.78 is 96.0. The molecule has 0 unspecified atom stereocenters. The molecule has 6 heterocycles. The molecule has 0 fully saturated rings. The number of hydrogen-bond acceptors (Lipinski definition) is 6. The summed E-state index contributed by atoms with van der Waals surface area (Å²) in [5.74, 6) is -16.3. The van der Waals surface area contributed by atoms with E-state index in [2.05, 4.69) is 0 Å². The van der Waals surface area contributed by atoms with Gasteiger partial charge in [0.25, 0.3) is 0 Å². The number of allylic oxidation sites excluding steroid dienone is 2. The van der Waals surface area contributed by atoms with Crippen molar-refractivity contribution >= 4 is 126 Å². The minimum Gasteiger partial charge on any atom is -0.194 e. The van der Waals surface area contributed by atoms with E-state index in [1.54, 1.807) is 36.4 Å². The molecule has 6 aromatic rings. The fraction of sp³-hybridized carbons (Fsp3) is 0.103. The van der Waals surface area contributed by atoms with E-state index in [1.807, 2.05) is 0 Å². The van der Waals surface area contributed by atoms with Gasteiger partial charge in [0.2, 0.25) is 0 Å². The van der Waals surface area contributed by atoms with Crippen LogP contribution in [0, 0.1) is 0 Å². The van der Waals surface area contributed by atoms with Gasteiger partial charge in [-0.05, 0) is 60.7 Å². The molecule has 1 aliphatic carbocycles. The van der Waals surface area contributed by atoms with Crippen molar-refractivity contribution in [3.63, 3.8) is 0 Å². The molecule has 0 N–H and O–H groups in total. The zero-order valence-corrected chi connectivity index (χ0v) is 29.4. The summed E-state index contributed by atoms with van der Waals surface area (Å²) in [6.45, 7) is 0. The van der Waals surface area contributed by atoms with E-state index in [0.29, 0.717) is 32.5 Å². The first-order chi connectivity index (χ1) is 21.2. The second kappa shape index (κ2) is 11.4. The van der Waals surface area contributed by atoms with Crippen LogP contribution >= 0.6 is 114 Å². The van der Waals surface area contributed by atoms with Crippen molar-refractivity contribution in [3.05, 3.63) is 89.1 Å². The maximum Gasteiger partial charge on any atom is 0.380 e. The van der Waals surface area contributed by atoms with Crippen molar-refractivity contribution in [2.75, 3.05) is 0 Å². The second-order valence-corrected chi connectivity index (χ2v) is 18.6. The molecule has 0 atom stereocenters. The average molecular weight is 807 g/mol. The molecule has 6 aromatic heterocycles. The van der Waals surface area contributed by atoms with Crippen LogP contribution in [0.4, 0.5) is 26.3 Å². The summed E-state index contributed by atoms with van der Waals surface area (Å²) >= 11 is 31.1. The molecule has 16 heteroatoms. The smallest absolute Gasteiger partial charge is 0.194 e. The number of hydrogen-bond donors (Lipinski definition) is 0. The van der Waals surface area contributed by atoms with Crippen LogP contribution in [0.25, 0.3) is 50.2 Å². The Bertz CT molecular complexity index is 2120. The van der Waals surface area contributed by atoms with Crippen LogP contribution in [-0.2, 0) is 0 Å². The molecule has 1 aliphatic rings. The third-order valence-corrected chi connectivity index (χ3v) is 14.8. The Morgan fingerprint density at radius 3 is 1.33 bits per heavy atom. The van der Waals surface area contributed by atoms with Gasteiger partial charge in [0, 0.05) is 51.5 Å². The monoisotopic (exact) mass is 804 g/mol. The lowest BCUT2D eigenvalue weighted by molar-refractivity contribution is -0.254. The highest BCUT2D eigenvalue weighted by Crippen LogP contribution is 2.67. The zero-order chi connectivity index (χ0) is 32.1. The second-order valence-electron chi connectivity index (χ2n) is 9.60. The molecule has 45 heavy (non-hydrogen) atoms. The normalized spacial score (nSPS) is 17.1. The lowest BCUT2D eigenvalue weighted by Crippen LogP contribution is -2.48. The average Bonchev–Trinajstić information content (AvgIpc) is 3.80. The molecule has 232 valence electrons. The summed E-state index contributed by atoms with van der Waals surface area (Å²) in [6, 6.07) is 15.4. The highest BCUT2D eigenvalue weighted by molar-refractivity contribution is 7.29. The molecular weight excluding hydrogens is 797 g/mol. The van der Waals surface area contributed by atoms with Crippen LogP contribution in [-0.4, -0.2) is 17.8 Å². The fourth-order valence-electron chi connectivity index (χ4n) is 4.97. The van der Waals surface area contributed by atoms with Crippen molar-refractivity contribution in [1.29, 1.82) is 0 Å². The first kappa shape index (κ1) is 32.2. The third-order valence-electron chi connectivity index (χ3n) is 6.90. The maximum atomic E-state index is 16.0. The highest BCUT2D eigenvalue weighted by Gasteiger charge is 2.80. The predicted octanol–water partition coefficient (Wildman–Crippen LogP) is 15.2. The third kappa shape index (κ3) is 5.19. The van der Waals surface area contributed by atoms with E-state index >= 15 is 26.3 Å². The summed E-state index contributed by atoms with van der Waals surface area (Å²) in [7, 11) is 0. The largest absolute Gasteiger partial charge is 0.380 e. The van der Waals surface area contributed by atoms with Gasteiger partial charge in [-0.1, -0.05) is 46.4 Å². The standard InChI is InChI=1S/C29H10Cl4F6S6/c30-19-6-3-14(41-19)13-1-2-16(40-13)26-12(10-22(33)45-26)24-23(27(34,35)29(38,39)28(24,36)37)11-9-18(15-4-7-20(31)42-15)44-25(11)17-5-8-21(32)43-17/h1-10H. The zero-order valence-electron chi connectivity index (χ0n) is 21.5. The predicted molar refractivity (Wildman–Crippen MR) is 184 cm³/mol.